The summed E-state index contributed by atoms with van der Waals surface area (Å²) in [5, 5.41) is 14.8. The predicted octanol–water partition coefficient (Wildman–Crippen LogP) is 7.79. The van der Waals surface area contributed by atoms with Crippen molar-refractivity contribution >= 4 is 8.32 Å². The van der Waals surface area contributed by atoms with E-state index in [0.717, 1.165) is 34.9 Å². The van der Waals surface area contributed by atoms with Gasteiger partial charge in [0, 0.05) is 68.9 Å². The van der Waals surface area contributed by atoms with Gasteiger partial charge in [0.25, 0.3) is 0 Å². The minimum atomic E-state index is -4.56. The smallest absolute Gasteiger partial charge is 0.433 e. The Labute approximate surface area is 265 Å². The van der Waals surface area contributed by atoms with E-state index >= 15 is 0 Å². The normalized spacial score (nSPS) is 25.3. The zero-order chi connectivity index (χ0) is 32.6. The van der Waals surface area contributed by atoms with E-state index in [1.165, 1.54) is 17.0 Å². The summed E-state index contributed by atoms with van der Waals surface area (Å²) in [6.45, 7) is 17.6. The van der Waals surface area contributed by atoms with E-state index in [0.29, 0.717) is 69.8 Å². The van der Waals surface area contributed by atoms with Gasteiger partial charge in [-0.2, -0.15) is 17.9 Å². The fraction of sp³-hybridized carbons (Fsp3) is 0.706. The number of fused-ring (bicyclic) bond motifs is 4. The maximum atomic E-state index is 14.9. The maximum absolute atomic E-state index is 14.9. The maximum Gasteiger partial charge on any atom is 0.433 e. The molecule has 7 nitrogen and oxygen atoms in total. The van der Waals surface area contributed by atoms with Gasteiger partial charge in [-0.15, -0.1) is 0 Å². The minimum Gasteiger partial charge on any atom is -0.618 e. The third-order valence-corrected chi connectivity index (χ3v) is 15.4. The number of ether oxygens (including phenoxy) is 3. The molecule has 2 aromatic heterocycles. The molecule has 6 rings (SSSR count). The average molecular weight is 649 g/mol. The lowest BCUT2D eigenvalue weighted by molar-refractivity contribution is -0.627. The molecule has 0 bridgehead atoms. The van der Waals surface area contributed by atoms with Crippen molar-refractivity contribution in [1.29, 1.82) is 0 Å². The van der Waals surface area contributed by atoms with Crippen LogP contribution in [0.4, 0.5) is 13.2 Å². The molecule has 0 amide bonds. The molecular weight excluding hydrogens is 601 g/mol. The van der Waals surface area contributed by atoms with E-state index in [-0.39, 0.29) is 22.5 Å². The molecule has 45 heavy (non-hydrogen) atoms. The second-order valence-corrected chi connectivity index (χ2v) is 20.5. The number of alkyl halides is 3. The second-order valence-electron chi connectivity index (χ2n) is 15.7. The third kappa shape index (κ3) is 5.85. The Kier molecular flexibility index (Phi) is 8.24. The van der Waals surface area contributed by atoms with Gasteiger partial charge in [-0.3, -0.25) is 4.98 Å². The van der Waals surface area contributed by atoms with Crippen LogP contribution in [-0.2, 0) is 36.8 Å². The summed E-state index contributed by atoms with van der Waals surface area (Å²) in [6, 6.07) is 2.47. The zero-order valence-electron chi connectivity index (χ0n) is 27.6. The molecule has 4 aliphatic rings. The number of aromatic nitrogens is 2. The Bertz CT molecular complexity index is 1430. The lowest BCUT2D eigenvalue weighted by Gasteiger charge is -2.45. The van der Waals surface area contributed by atoms with Crippen LogP contribution < -0.4 is 4.73 Å². The van der Waals surface area contributed by atoms with Crippen molar-refractivity contribution in [2.45, 2.75) is 121 Å². The molecule has 0 saturated carbocycles. The van der Waals surface area contributed by atoms with Crippen molar-refractivity contribution in [3.05, 3.63) is 62.9 Å². The Morgan fingerprint density at radius 3 is 2.22 bits per heavy atom. The number of nitrogens with zero attached hydrogens (tertiary/aromatic N) is 2. The first-order valence-electron chi connectivity index (χ1n) is 16.3. The largest absolute Gasteiger partial charge is 0.618 e. The highest BCUT2D eigenvalue weighted by atomic mass is 28.4. The van der Waals surface area contributed by atoms with Crippen LogP contribution in [0.3, 0.4) is 0 Å². The molecule has 2 atom stereocenters. The van der Waals surface area contributed by atoms with Crippen molar-refractivity contribution < 1.29 is 36.5 Å². The first-order valence-corrected chi connectivity index (χ1v) is 19.2. The van der Waals surface area contributed by atoms with Gasteiger partial charge in [-0.1, -0.05) is 40.7 Å². The van der Waals surface area contributed by atoms with E-state index in [2.05, 4.69) is 52.7 Å². The van der Waals surface area contributed by atoms with Gasteiger partial charge in [-0.25, -0.2) is 0 Å². The first kappa shape index (κ1) is 32.9. The number of rotatable bonds is 4. The molecule has 1 unspecified atom stereocenters. The molecule has 1 aliphatic carbocycles. The molecule has 5 heterocycles. The Balaban J connectivity index is 1.64. The molecule has 248 valence electrons. The number of halogens is 3. The Morgan fingerprint density at radius 2 is 1.64 bits per heavy atom. The molecule has 0 N–H and O–H groups in total. The minimum absolute atomic E-state index is 0.0469. The van der Waals surface area contributed by atoms with Crippen LogP contribution in [0.1, 0.15) is 124 Å². The van der Waals surface area contributed by atoms with Gasteiger partial charge in [-0.05, 0) is 48.9 Å². The van der Waals surface area contributed by atoms with Crippen LogP contribution in [0, 0.1) is 10.6 Å². The molecule has 2 fully saturated rings. The van der Waals surface area contributed by atoms with Crippen LogP contribution in [0.2, 0.25) is 18.1 Å². The van der Waals surface area contributed by atoms with Crippen molar-refractivity contribution in [3.8, 4) is 0 Å². The summed E-state index contributed by atoms with van der Waals surface area (Å²) in [6.07, 6.45) is -0.420. The van der Waals surface area contributed by atoms with Crippen LogP contribution in [-0.4, -0.2) is 39.7 Å². The van der Waals surface area contributed by atoms with Crippen molar-refractivity contribution in [2.75, 3.05) is 26.4 Å². The van der Waals surface area contributed by atoms with Crippen LogP contribution in [0.15, 0.2) is 18.3 Å². The van der Waals surface area contributed by atoms with Crippen LogP contribution in [0.25, 0.3) is 0 Å². The van der Waals surface area contributed by atoms with Gasteiger partial charge < -0.3 is 23.8 Å². The Morgan fingerprint density at radius 1 is 1.00 bits per heavy atom. The summed E-state index contributed by atoms with van der Waals surface area (Å²) < 4.78 is 67.6. The van der Waals surface area contributed by atoms with E-state index in [4.69, 9.17) is 18.6 Å². The lowest BCUT2D eigenvalue weighted by atomic mass is 9.69. The van der Waals surface area contributed by atoms with Gasteiger partial charge in [0.05, 0.1) is 22.8 Å². The van der Waals surface area contributed by atoms with E-state index in [1.807, 2.05) is 0 Å². The number of pyridine rings is 2. The molecule has 2 aromatic rings. The summed E-state index contributed by atoms with van der Waals surface area (Å²) in [5.74, 6) is -0.0661. The monoisotopic (exact) mass is 648 g/mol. The molecule has 1 spiro atoms. The standard InChI is InChI=1S/C34H47F3N2O5Si/c1-31(2,3)45(6,7)44-24-19-32(4,5)18-23-26(24)28-27(29(39(23)40)21-10-14-41-15-11-21)30(43-33(28)12-16-42-17-13-33)22-8-9-25(38-20-22)34(35,36)37/h8-9,20-21,24,30H,10-19H2,1-7H3/t24?,30-/m1/s1. The lowest BCUT2D eigenvalue weighted by Crippen LogP contribution is -2.50. The van der Waals surface area contributed by atoms with Crippen molar-refractivity contribution in [2.24, 2.45) is 5.41 Å². The number of hydrogen-bond acceptors (Lipinski definition) is 6. The third-order valence-electron chi connectivity index (χ3n) is 10.9. The van der Waals surface area contributed by atoms with Gasteiger partial charge in [0.2, 0.25) is 5.69 Å². The van der Waals surface area contributed by atoms with Gasteiger partial charge >= 0.3 is 6.18 Å². The highest BCUT2D eigenvalue weighted by Crippen LogP contribution is 2.59. The molecule has 2 saturated heterocycles. The van der Waals surface area contributed by atoms with E-state index in [1.54, 1.807) is 0 Å². The highest BCUT2D eigenvalue weighted by molar-refractivity contribution is 6.74. The summed E-state index contributed by atoms with van der Waals surface area (Å²) >= 11 is 0. The number of hydrogen-bond donors (Lipinski definition) is 0. The molecular formula is C34H47F3N2O5Si. The molecule has 3 aliphatic heterocycles. The van der Waals surface area contributed by atoms with E-state index in [9.17, 15) is 18.4 Å². The molecule has 0 aromatic carbocycles. The summed E-state index contributed by atoms with van der Waals surface area (Å²) in [5.41, 5.74) is 2.79. The van der Waals surface area contributed by atoms with Crippen molar-refractivity contribution in [3.63, 3.8) is 0 Å². The van der Waals surface area contributed by atoms with Gasteiger partial charge in [0.15, 0.2) is 14.0 Å². The SMILES string of the molecule is CC1(C)Cc2c(c3c(c(C4CCOCC4)[n+]2[O-])[C@@H](c2ccc(C(F)(F)F)nc2)OC32CCOCC2)C(O[Si](C)(C)C(C)(C)C)C1. The second kappa shape index (κ2) is 11.3. The fourth-order valence-corrected chi connectivity index (χ4v) is 8.81. The fourth-order valence-electron chi connectivity index (χ4n) is 7.55. The average Bonchev–Trinajstić information content (AvgIpc) is 3.26. The summed E-state index contributed by atoms with van der Waals surface area (Å²) in [7, 11) is -2.30. The molecule has 0 radical (unpaired) electrons. The van der Waals surface area contributed by atoms with Crippen molar-refractivity contribution in [1.82, 2.24) is 4.98 Å². The predicted molar refractivity (Wildman–Crippen MR) is 165 cm³/mol. The molecule has 11 heteroatoms. The first-order chi connectivity index (χ1) is 20.9. The van der Waals surface area contributed by atoms with Crippen LogP contribution >= 0.6 is 0 Å². The van der Waals surface area contributed by atoms with Crippen LogP contribution in [0.5, 0.6) is 0 Å². The van der Waals surface area contributed by atoms with Gasteiger partial charge in [0.1, 0.15) is 11.8 Å². The zero-order valence-corrected chi connectivity index (χ0v) is 28.6. The van der Waals surface area contributed by atoms with E-state index < -0.39 is 31.9 Å². The quantitative estimate of drug-likeness (QED) is 0.191. The Hall–Kier alpha value is -2.05. The topological polar surface area (TPSA) is 76.8 Å². The summed E-state index contributed by atoms with van der Waals surface area (Å²) in [4.78, 5) is 3.81. The highest BCUT2D eigenvalue weighted by Gasteiger charge is 2.57.